The van der Waals surface area contributed by atoms with E-state index in [2.05, 4.69) is 10.3 Å². The Morgan fingerprint density at radius 2 is 1.88 bits per heavy atom. The Morgan fingerprint density at radius 3 is 2.47 bits per heavy atom. The third kappa shape index (κ3) is 4.56. The van der Waals surface area contributed by atoms with E-state index >= 15 is 0 Å². The maximum Gasteiger partial charge on any atom is 0.253 e. The fourth-order valence-electron chi connectivity index (χ4n) is 7.14. The van der Waals surface area contributed by atoms with Gasteiger partial charge >= 0.3 is 0 Å². The van der Waals surface area contributed by atoms with E-state index in [9.17, 15) is 39.0 Å². The molecular weight excluding hydrogens is 556 g/mol. The molecule has 1 heterocycles. The molecular formula is C31H34N4O8. The van der Waals surface area contributed by atoms with Crippen molar-refractivity contribution in [1.29, 1.82) is 0 Å². The number of nitrogens with two attached hydrogens (primary N) is 1. The van der Waals surface area contributed by atoms with Gasteiger partial charge in [0.25, 0.3) is 5.91 Å². The number of ketones is 4. The summed E-state index contributed by atoms with van der Waals surface area (Å²) in [6, 6.07) is 3.77. The lowest BCUT2D eigenvalue weighted by Gasteiger charge is -2.52. The number of nitrogens with one attached hydrogen (secondary N) is 1. The number of Topliss-reactive ketones (excluding diaryl/α,β-unsaturated/α-hetero) is 4. The molecule has 12 heteroatoms. The second-order valence-corrected chi connectivity index (χ2v) is 12.2. The van der Waals surface area contributed by atoms with E-state index in [0.29, 0.717) is 22.3 Å². The van der Waals surface area contributed by atoms with Crippen LogP contribution in [0.2, 0.25) is 0 Å². The highest BCUT2D eigenvalue weighted by atomic mass is 16.3. The zero-order chi connectivity index (χ0) is 31.5. The molecule has 0 aliphatic heterocycles. The van der Waals surface area contributed by atoms with Crippen LogP contribution >= 0.6 is 0 Å². The number of aromatic hydroxyl groups is 1. The summed E-state index contributed by atoms with van der Waals surface area (Å²) in [4.78, 5) is 85.3. The number of phenols is 1. The molecule has 0 bridgehead atoms. The van der Waals surface area contributed by atoms with Crippen molar-refractivity contribution in [3.8, 4) is 5.75 Å². The number of primary amides is 1. The minimum Gasteiger partial charge on any atom is -0.507 e. The number of carbonyl (C=O) groups excluding carboxylic acids is 6. The molecule has 2 aromatic rings. The third-order valence-corrected chi connectivity index (χ3v) is 9.17. The molecule has 0 saturated heterocycles. The van der Waals surface area contributed by atoms with Crippen LogP contribution in [0.3, 0.4) is 0 Å². The predicted octanol–water partition coefficient (Wildman–Crippen LogP) is 0.315. The van der Waals surface area contributed by atoms with Crippen LogP contribution in [0.5, 0.6) is 5.75 Å². The first-order chi connectivity index (χ1) is 20.2. The molecule has 1 aromatic heterocycles. The number of aliphatic hydroxyl groups is 1. The summed E-state index contributed by atoms with van der Waals surface area (Å²) in [6.07, 6.45) is 3.01. The van der Waals surface area contributed by atoms with Crippen molar-refractivity contribution in [2.45, 2.75) is 50.8 Å². The molecule has 12 nitrogen and oxygen atoms in total. The number of amides is 2. The second-order valence-electron chi connectivity index (χ2n) is 12.2. The minimum absolute atomic E-state index is 0.0135. The van der Waals surface area contributed by atoms with Gasteiger partial charge in [-0.25, -0.2) is 0 Å². The fourth-order valence-corrected chi connectivity index (χ4v) is 7.14. The van der Waals surface area contributed by atoms with Crippen molar-refractivity contribution < 1.29 is 39.0 Å². The molecule has 226 valence electrons. The van der Waals surface area contributed by atoms with Crippen molar-refractivity contribution in [2.75, 3.05) is 14.1 Å². The van der Waals surface area contributed by atoms with Crippen LogP contribution < -0.4 is 11.1 Å². The number of fused-ring (bicyclic) bond motifs is 3. The van der Waals surface area contributed by atoms with Gasteiger partial charge in [-0.1, -0.05) is 13.8 Å². The van der Waals surface area contributed by atoms with Crippen LogP contribution in [0.4, 0.5) is 0 Å². The number of benzene rings is 1. The van der Waals surface area contributed by atoms with Gasteiger partial charge in [0.2, 0.25) is 5.91 Å². The predicted molar refractivity (Wildman–Crippen MR) is 151 cm³/mol. The van der Waals surface area contributed by atoms with Crippen LogP contribution in [-0.2, 0) is 32.1 Å². The number of hydrogen-bond donors (Lipinski definition) is 4. The second kappa shape index (κ2) is 10.8. The van der Waals surface area contributed by atoms with Gasteiger partial charge in [0.05, 0.1) is 23.1 Å². The van der Waals surface area contributed by atoms with Gasteiger partial charge in [0, 0.05) is 24.9 Å². The van der Waals surface area contributed by atoms with Gasteiger partial charge in [-0.05, 0) is 73.7 Å². The first-order valence-electron chi connectivity index (χ1n) is 14.1. The molecule has 43 heavy (non-hydrogen) atoms. The van der Waals surface area contributed by atoms with Crippen LogP contribution in [0.25, 0.3) is 0 Å². The molecule has 0 spiro atoms. The molecule has 0 radical (unpaired) electrons. The van der Waals surface area contributed by atoms with Gasteiger partial charge < -0.3 is 21.3 Å². The van der Waals surface area contributed by atoms with Crippen molar-refractivity contribution >= 4 is 34.9 Å². The maximum atomic E-state index is 14.1. The van der Waals surface area contributed by atoms with Crippen molar-refractivity contribution in [3.05, 3.63) is 58.4 Å². The fraction of sp³-hybridized carbons (Fsp3) is 0.452. The summed E-state index contributed by atoms with van der Waals surface area (Å²) in [5, 5.41) is 25.9. The van der Waals surface area contributed by atoms with Crippen LogP contribution in [0.1, 0.15) is 63.6 Å². The lowest BCUT2D eigenvalue weighted by Crippen LogP contribution is -2.74. The number of hydrogen-bond acceptors (Lipinski definition) is 10. The smallest absolute Gasteiger partial charge is 0.253 e. The highest BCUT2D eigenvalue weighted by Crippen LogP contribution is 2.51. The van der Waals surface area contributed by atoms with Crippen molar-refractivity contribution in [2.24, 2.45) is 29.4 Å². The van der Waals surface area contributed by atoms with Crippen molar-refractivity contribution in [1.82, 2.24) is 15.2 Å². The SMILES string of the molecule is CC(C)c1cc(CNC(=O)c2cccnc2)c2c(c1O)C(=O)C1C(=O)[C@]3(O)C(=O)C(C(N)=O)C(=O)[C@@H](N(C)C)[C@@H]3C[C@@H]1C2. The molecule has 6 atom stereocenters. The summed E-state index contributed by atoms with van der Waals surface area (Å²) in [7, 11) is 3.06. The lowest BCUT2D eigenvalue weighted by molar-refractivity contribution is -0.181. The summed E-state index contributed by atoms with van der Waals surface area (Å²) in [5.41, 5.74) is 4.27. The number of carbonyl (C=O) groups is 6. The largest absolute Gasteiger partial charge is 0.507 e. The minimum atomic E-state index is -2.79. The Hall–Kier alpha value is -4.29. The molecule has 3 aliphatic carbocycles. The van der Waals surface area contributed by atoms with E-state index in [-0.39, 0.29) is 36.6 Å². The number of likely N-dealkylation sites (N-methyl/N-ethyl adjacent to an activating group) is 1. The molecule has 2 saturated carbocycles. The number of nitrogens with zero attached hydrogens (tertiary/aromatic N) is 2. The quantitative estimate of drug-likeness (QED) is 0.340. The van der Waals surface area contributed by atoms with Gasteiger partial charge in [-0.15, -0.1) is 0 Å². The lowest BCUT2D eigenvalue weighted by atomic mass is 9.52. The van der Waals surface area contributed by atoms with Gasteiger partial charge in [0.15, 0.2) is 34.7 Å². The highest BCUT2D eigenvalue weighted by Gasteiger charge is 2.69. The molecule has 3 aliphatic rings. The van der Waals surface area contributed by atoms with E-state index in [4.69, 9.17) is 5.73 Å². The molecule has 1 aromatic carbocycles. The summed E-state index contributed by atoms with van der Waals surface area (Å²) in [5.74, 6) is -11.6. The molecule has 2 amide bonds. The normalized spacial score (nSPS) is 28.4. The zero-order valence-electron chi connectivity index (χ0n) is 24.3. The number of phenolic OH excluding ortho intramolecular Hbond substituents is 1. The van der Waals surface area contributed by atoms with Crippen LogP contribution in [-0.4, -0.2) is 80.8 Å². The summed E-state index contributed by atoms with van der Waals surface area (Å²) in [6.45, 7) is 3.65. The van der Waals surface area contributed by atoms with Gasteiger partial charge in [0.1, 0.15) is 5.75 Å². The Labute approximate surface area is 247 Å². The number of rotatable bonds is 6. The van der Waals surface area contributed by atoms with Crippen molar-refractivity contribution in [3.63, 3.8) is 0 Å². The molecule has 2 fully saturated rings. The number of pyridine rings is 1. The standard InChI is InChI=1S/C31H34N4O8/c1-13(2)17-9-16(12-34-30(42)14-6-5-7-33-11-14)18-8-15-10-19-23(35(3)4)26(38)22(29(32)41)28(40)31(19,43)27(39)20(15)25(37)21(18)24(17)36/h5-7,9,11,13,15,19-20,22-23,36,43H,8,10,12H2,1-4H3,(H2,32,41)(H,34,42)/t15-,19-,20?,22?,23-,31-/m0/s1. The topological polar surface area (TPSA) is 197 Å². The van der Waals surface area contributed by atoms with E-state index in [1.807, 2.05) is 13.8 Å². The highest BCUT2D eigenvalue weighted by molar-refractivity contribution is 6.32. The third-order valence-electron chi connectivity index (χ3n) is 9.17. The Morgan fingerprint density at radius 1 is 1.19 bits per heavy atom. The first-order valence-corrected chi connectivity index (χ1v) is 14.1. The Bertz CT molecular complexity index is 1570. The zero-order valence-corrected chi connectivity index (χ0v) is 24.3. The summed E-state index contributed by atoms with van der Waals surface area (Å²) < 4.78 is 0. The average Bonchev–Trinajstić information content (AvgIpc) is 2.94. The van der Waals surface area contributed by atoms with E-state index in [0.717, 1.165) is 0 Å². The monoisotopic (exact) mass is 590 g/mol. The molecule has 5 N–H and O–H groups in total. The first kappa shape index (κ1) is 30.2. The molecule has 5 rings (SSSR count). The van der Waals surface area contributed by atoms with E-state index in [1.165, 1.54) is 25.2 Å². The van der Waals surface area contributed by atoms with Gasteiger partial charge in [-0.3, -0.25) is 38.7 Å². The van der Waals surface area contributed by atoms with Crippen LogP contribution in [0, 0.1) is 23.7 Å². The molecule has 2 unspecified atom stereocenters. The van der Waals surface area contributed by atoms with E-state index in [1.54, 1.807) is 24.4 Å². The van der Waals surface area contributed by atoms with Gasteiger partial charge in [-0.2, -0.15) is 0 Å². The summed E-state index contributed by atoms with van der Waals surface area (Å²) >= 11 is 0. The Balaban J connectivity index is 1.60. The number of aromatic nitrogens is 1. The maximum absolute atomic E-state index is 14.1. The van der Waals surface area contributed by atoms with E-state index < -0.39 is 70.3 Å². The Kier molecular flexibility index (Phi) is 7.55. The average molecular weight is 591 g/mol. The van der Waals surface area contributed by atoms with Crippen LogP contribution in [0.15, 0.2) is 30.6 Å².